The highest BCUT2D eigenvalue weighted by molar-refractivity contribution is 5.94. The van der Waals surface area contributed by atoms with Crippen LogP contribution in [0.2, 0.25) is 0 Å². The number of aliphatic carboxylic acids is 2. The zero-order valence-corrected chi connectivity index (χ0v) is 19.1. The van der Waals surface area contributed by atoms with E-state index in [-0.39, 0.29) is 12.8 Å². The minimum absolute atomic E-state index is 0.0885. The van der Waals surface area contributed by atoms with E-state index in [1.165, 1.54) is 19.4 Å². The standard InChI is InChI=1S/C20H32N6O8/c1-9(2)16(20(33)34)26-18(31)13(6-11-7-22-8-23-11)25-17(30)12(4-5-14(28)29)24-19(32)15(21)10(3)27/h7-10,12-13,15-16,27H,4-6,21H2,1-3H3,(H,22,23)(H,24,32)(H,25,30)(H,26,31)(H,28,29)(H,33,34). The van der Waals surface area contributed by atoms with E-state index in [2.05, 4.69) is 25.9 Å². The number of carbonyl (C=O) groups excluding carboxylic acids is 3. The maximum atomic E-state index is 12.9. The van der Waals surface area contributed by atoms with Gasteiger partial charge in [-0.2, -0.15) is 0 Å². The van der Waals surface area contributed by atoms with Crippen LogP contribution in [-0.4, -0.2) is 85.2 Å². The summed E-state index contributed by atoms with van der Waals surface area (Å²) >= 11 is 0. The monoisotopic (exact) mass is 484 g/mol. The Morgan fingerprint density at radius 1 is 1.00 bits per heavy atom. The molecule has 0 radical (unpaired) electrons. The lowest BCUT2D eigenvalue weighted by molar-refractivity contribution is -0.143. The number of rotatable bonds is 14. The lowest BCUT2D eigenvalue weighted by Gasteiger charge is -2.26. The van der Waals surface area contributed by atoms with Crippen molar-refractivity contribution in [3.63, 3.8) is 0 Å². The van der Waals surface area contributed by atoms with Crippen molar-refractivity contribution in [1.82, 2.24) is 25.9 Å². The molecule has 0 spiro atoms. The molecule has 0 saturated heterocycles. The van der Waals surface area contributed by atoms with Gasteiger partial charge in [-0.25, -0.2) is 9.78 Å². The number of hydrogen-bond acceptors (Lipinski definition) is 8. The van der Waals surface area contributed by atoms with E-state index in [9.17, 15) is 34.2 Å². The Bertz CT molecular complexity index is 857. The third-order valence-corrected chi connectivity index (χ3v) is 4.94. The van der Waals surface area contributed by atoms with E-state index in [1.54, 1.807) is 13.8 Å². The van der Waals surface area contributed by atoms with Crippen LogP contribution in [0.15, 0.2) is 12.5 Å². The highest BCUT2D eigenvalue weighted by atomic mass is 16.4. The average Bonchev–Trinajstić information content (AvgIpc) is 3.25. The largest absolute Gasteiger partial charge is 0.481 e. The second-order valence-corrected chi connectivity index (χ2v) is 8.17. The van der Waals surface area contributed by atoms with Crippen LogP contribution in [0.1, 0.15) is 39.3 Å². The quantitative estimate of drug-likeness (QED) is 0.141. The molecular formula is C20H32N6O8. The van der Waals surface area contributed by atoms with Crippen LogP contribution in [0.4, 0.5) is 0 Å². The molecule has 0 bridgehead atoms. The van der Waals surface area contributed by atoms with E-state index in [1.807, 2.05) is 0 Å². The molecule has 0 aromatic carbocycles. The smallest absolute Gasteiger partial charge is 0.326 e. The summed E-state index contributed by atoms with van der Waals surface area (Å²) in [5, 5.41) is 34.9. The molecular weight excluding hydrogens is 452 g/mol. The summed E-state index contributed by atoms with van der Waals surface area (Å²) in [5.74, 6) is -5.50. The number of amides is 3. The zero-order chi connectivity index (χ0) is 26.0. The maximum Gasteiger partial charge on any atom is 0.326 e. The maximum absolute atomic E-state index is 12.9. The second-order valence-electron chi connectivity index (χ2n) is 8.17. The van der Waals surface area contributed by atoms with Crippen LogP contribution < -0.4 is 21.7 Å². The number of carbonyl (C=O) groups is 5. The molecule has 5 unspecified atom stereocenters. The Morgan fingerprint density at radius 3 is 2.06 bits per heavy atom. The van der Waals surface area contributed by atoms with Crippen molar-refractivity contribution < 1.29 is 39.3 Å². The summed E-state index contributed by atoms with van der Waals surface area (Å²) in [5.41, 5.74) is 6.03. The van der Waals surface area contributed by atoms with Gasteiger partial charge >= 0.3 is 11.9 Å². The molecule has 3 amide bonds. The Balaban J connectivity index is 3.10. The Kier molecular flexibility index (Phi) is 11.1. The number of aliphatic hydroxyl groups is 1. The molecule has 14 nitrogen and oxygen atoms in total. The van der Waals surface area contributed by atoms with Gasteiger partial charge in [0.15, 0.2) is 0 Å². The van der Waals surface area contributed by atoms with Crippen LogP contribution >= 0.6 is 0 Å². The van der Waals surface area contributed by atoms with Crippen molar-refractivity contribution in [1.29, 1.82) is 0 Å². The normalized spacial score (nSPS) is 15.5. The molecule has 1 rings (SSSR count). The van der Waals surface area contributed by atoms with Crippen LogP contribution in [0.5, 0.6) is 0 Å². The van der Waals surface area contributed by atoms with Gasteiger partial charge in [0.25, 0.3) is 0 Å². The first kappa shape index (κ1) is 28.5. The van der Waals surface area contributed by atoms with Gasteiger partial charge in [0, 0.05) is 24.7 Å². The van der Waals surface area contributed by atoms with Crippen LogP contribution in [-0.2, 0) is 30.4 Å². The number of carboxylic acids is 2. The molecule has 190 valence electrons. The number of aromatic amines is 1. The Labute approximate surface area is 195 Å². The van der Waals surface area contributed by atoms with Gasteiger partial charge in [-0.1, -0.05) is 13.8 Å². The van der Waals surface area contributed by atoms with Crippen molar-refractivity contribution in [2.45, 2.75) is 70.3 Å². The molecule has 0 saturated carbocycles. The van der Waals surface area contributed by atoms with Gasteiger partial charge in [-0.3, -0.25) is 19.2 Å². The number of hydrogen-bond donors (Lipinski definition) is 8. The molecule has 0 aliphatic carbocycles. The number of aliphatic hydroxyl groups excluding tert-OH is 1. The van der Waals surface area contributed by atoms with E-state index in [0.717, 1.165) is 0 Å². The molecule has 1 aromatic heterocycles. The predicted molar refractivity (Wildman–Crippen MR) is 117 cm³/mol. The average molecular weight is 485 g/mol. The zero-order valence-electron chi connectivity index (χ0n) is 19.1. The first-order valence-corrected chi connectivity index (χ1v) is 10.6. The van der Waals surface area contributed by atoms with Crippen molar-refractivity contribution in [3.05, 3.63) is 18.2 Å². The summed E-state index contributed by atoms with van der Waals surface area (Å²) in [6.45, 7) is 4.48. The lowest BCUT2D eigenvalue weighted by Crippen LogP contribution is -2.59. The van der Waals surface area contributed by atoms with Gasteiger partial charge in [-0.05, 0) is 19.3 Å². The molecule has 5 atom stereocenters. The van der Waals surface area contributed by atoms with Gasteiger partial charge in [-0.15, -0.1) is 0 Å². The predicted octanol–water partition coefficient (Wildman–Crippen LogP) is -2.28. The molecule has 0 aliphatic heterocycles. The highest BCUT2D eigenvalue weighted by Crippen LogP contribution is 2.07. The summed E-state index contributed by atoms with van der Waals surface area (Å²) in [6.07, 6.45) is 0.651. The molecule has 34 heavy (non-hydrogen) atoms. The van der Waals surface area contributed by atoms with E-state index in [0.29, 0.717) is 5.69 Å². The number of nitrogens with two attached hydrogens (primary N) is 1. The Morgan fingerprint density at radius 2 is 1.59 bits per heavy atom. The fourth-order valence-corrected chi connectivity index (χ4v) is 2.89. The third-order valence-electron chi connectivity index (χ3n) is 4.94. The Hall–Kier alpha value is -3.52. The first-order chi connectivity index (χ1) is 15.8. The molecule has 0 fully saturated rings. The highest BCUT2D eigenvalue weighted by Gasteiger charge is 2.32. The van der Waals surface area contributed by atoms with Gasteiger partial charge in [0.1, 0.15) is 24.2 Å². The fraction of sp³-hybridized carbons (Fsp3) is 0.600. The van der Waals surface area contributed by atoms with Gasteiger partial charge in [0.2, 0.25) is 17.7 Å². The SMILES string of the molecule is CC(C)C(NC(=O)C(Cc1cnc[nH]1)NC(=O)C(CCC(=O)O)NC(=O)C(N)C(C)O)C(=O)O. The molecule has 14 heteroatoms. The third kappa shape index (κ3) is 9.15. The molecule has 1 aromatic rings. The topological polar surface area (TPSA) is 237 Å². The van der Waals surface area contributed by atoms with Crippen molar-refractivity contribution in [2.75, 3.05) is 0 Å². The van der Waals surface area contributed by atoms with Crippen LogP contribution in [0.25, 0.3) is 0 Å². The minimum atomic E-state index is -1.38. The van der Waals surface area contributed by atoms with E-state index < -0.39 is 72.3 Å². The van der Waals surface area contributed by atoms with Crippen molar-refractivity contribution in [3.8, 4) is 0 Å². The van der Waals surface area contributed by atoms with Crippen molar-refractivity contribution in [2.24, 2.45) is 11.7 Å². The summed E-state index contributed by atoms with van der Waals surface area (Å²) < 4.78 is 0. The number of imidazole rings is 1. The van der Waals surface area contributed by atoms with Crippen LogP contribution in [0, 0.1) is 5.92 Å². The fourth-order valence-electron chi connectivity index (χ4n) is 2.89. The number of aromatic nitrogens is 2. The van der Waals surface area contributed by atoms with Gasteiger partial charge < -0.3 is 42.0 Å². The molecule has 9 N–H and O–H groups in total. The second kappa shape index (κ2) is 13.3. The summed E-state index contributed by atoms with van der Waals surface area (Å²) in [4.78, 5) is 67.1. The number of nitrogens with one attached hydrogen (secondary N) is 4. The molecule has 0 aliphatic rings. The van der Waals surface area contributed by atoms with Crippen molar-refractivity contribution >= 4 is 29.7 Å². The number of carboxylic acid groups (broad SMARTS) is 2. The summed E-state index contributed by atoms with van der Waals surface area (Å²) in [7, 11) is 0. The minimum Gasteiger partial charge on any atom is -0.481 e. The first-order valence-electron chi connectivity index (χ1n) is 10.6. The van der Waals surface area contributed by atoms with E-state index in [4.69, 9.17) is 10.8 Å². The lowest BCUT2D eigenvalue weighted by atomic mass is 10.0. The van der Waals surface area contributed by atoms with E-state index >= 15 is 0 Å². The number of nitrogens with zero attached hydrogens (tertiary/aromatic N) is 1. The molecule has 1 heterocycles. The van der Waals surface area contributed by atoms with Crippen LogP contribution in [0.3, 0.4) is 0 Å². The van der Waals surface area contributed by atoms with Gasteiger partial charge in [0.05, 0.1) is 12.4 Å². The summed E-state index contributed by atoms with van der Waals surface area (Å²) in [6, 6.07) is -5.25. The number of H-pyrrole nitrogens is 1.